The molecule has 0 saturated heterocycles. The Morgan fingerprint density at radius 2 is 2.04 bits per heavy atom. The maximum Gasteiger partial charge on any atom is 0.359 e. The number of hydrogen-bond donors (Lipinski definition) is 2. The number of anilines is 1. The SMILES string of the molecule is Cc1[nH][n+](-c2ccc(F)cc2)c2nc(N)c(C#N)c(-c3cccs3)c12. The molecule has 5 nitrogen and oxygen atoms in total. The molecule has 3 heterocycles. The molecule has 0 aliphatic heterocycles. The summed E-state index contributed by atoms with van der Waals surface area (Å²) in [6.45, 7) is 1.92. The fourth-order valence-corrected chi connectivity index (χ4v) is 3.72. The number of aromatic nitrogens is 3. The van der Waals surface area contributed by atoms with Crippen LogP contribution in [0.2, 0.25) is 0 Å². The standard InChI is InChI=1S/C18H12FN5S/c1-10-15-16(14-3-2-8-25-14)13(9-20)17(21)22-18(15)24(23-10)12-6-4-11(19)5-7-12/h2-8H,1H3,(H2,21,22,23)/p+1. The monoisotopic (exact) mass is 350 g/mol. The van der Waals surface area contributed by atoms with E-state index in [0.717, 1.165) is 27.2 Å². The topological polar surface area (TPSA) is 82.4 Å². The van der Waals surface area contributed by atoms with Gasteiger partial charge in [-0.2, -0.15) is 5.26 Å². The Morgan fingerprint density at radius 1 is 1.28 bits per heavy atom. The molecule has 0 saturated carbocycles. The molecular formula is C18H13FN5S+. The lowest BCUT2D eigenvalue weighted by Gasteiger charge is -2.02. The number of pyridine rings is 1. The number of halogens is 1. The van der Waals surface area contributed by atoms with Gasteiger partial charge in [-0.25, -0.2) is 9.49 Å². The van der Waals surface area contributed by atoms with Crippen LogP contribution in [0.3, 0.4) is 0 Å². The van der Waals surface area contributed by atoms with Crippen molar-refractivity contribution in [2.45, 2.75) is 6.92 Å². The molecule has 0 fully saturated rings. The number of benzene rings is 1. The average molecular weight is 350 g/mol. The second-order valence-electron chi connectivity index (χ2n) is 5.58. The minimum Gasteiger partial charge on any atom is -0.362 e. The highest BCUT2D eigenvalue weighted by Gasteiger charge is 2.28. The number of aryl methyl sites for hydroxylation is 1. The minimum absolute atomic E-state index is 0.174. The molecule has 4 rings (SSSR count). The van der Waals surface area contributed by atoms with Gasteiger partial charge in [-0.05, 0) is 47.6 Å². The second-order valence-corrected chi connectivity index (χ2v) is 6.53. The van der Waals surface area contributed by atoms with E-state index in [9.17, 15) is 9.65 Å². The molecule has 4 aromatic rings. The number of nitrogens with two attached hydrogens (primary N) is 1. The quantitative estimate of drug-likeness (QED) is 0.543. The molecule has 0 aliphatic rings. The number of fused-ring (bicyclic) bond motifs is 1. The minimum atomic E-state index is -0.310. The van der Waals surface area contributed by atoms with Crippen molar-refractivity contribution in [2.24, 2.45) is 0 Å². The number of nitrogens with one attached hydrogen (secondary N) is 1. The molecule has 0 unspecified atom stereocenters. The van der Waals surface area contributed by atoms with Gasteiger partial charge in [0.25, 0.3) is 5.82 Å². The first kappa shape index (κ1) is 15.3. The fraction of sp³-hybridized carbons (Fsp3) is 0.0556. The van der Waals surface area contributed by atoms with Gasteiger partial charge in [0.05, 0.1) is 5.69 Å². The highest BCUT2D eigenvalue weighted by molar-refractivity contribution is 7.13. The first-order chi connectivity index (χ1) is 12.1. The van der Waals surface area contributed by atoms with E-state index in [-0.39, 0.29) is 11.6 Å². The van der Waals surface area contributed by atoms with Crippen LogP contribution >= 0.6 is 11.3 Å². The van der Waals surface area contributed by atoms with Crippen LogP contribution in [0.25, 0.3) is 27.2 Å². The molecule has 3 aromatic heterocycles. The van der Waals surface area contributed by atoms with Crippen molar-refractivity contribution in [2.75, 3.05) is 5.73 Å². The summed E-state index contributed by atoms with van der Waals surface area (Å²) >= 11 is 1.54. The lowest BCUT2D eigenvalue weighted by molar-refractivity contribution is -0.632. The zero-order chi connectivity index (χ0) is 17.6. The first-order valence-electron chi connectivity index (χ1n) is 7.54. The van der Waals surface area contributed by atoms with Crippen molar-refractivity contribution in [1.82, 2.24) is 10.1 Å². The largest absolute Gasteiger partial charge is 0.362 e. The predicted octanol–water partition coefficient (Wildman–Crippen LogP) is 3.47. The Kier molecular flexibility index (Phi) is 3.48. The Hall–Kier alpha value is -3.24. The van der Waals surface area contributed by atoms with Crippen LogP contribution in [0.15, 0.2) is 41.8 Å². The zero-order valence-electron chi connectivity index (χ0n) is 13.2. The van der Waals surface area contributed by atoms with Crippen LogP contribution in [0.1, 0.15) is 11.3 Å². The normalized spacial score (nSPS) is 10.9. The number of thiophene rings is 1. The third kappa shape index (κ3) is 2.35. The fourth-order valence-electron chi connectivity index (χ4n) is 2.94. The molecule has 0 spiro atoms. The highest BCUT2D eigenvalue weighted by atomic mass is 32.1. The molecule has 3 N–H and O–H groups in total. The summed E-state index contributed by atoms with van der Waals surface area (Å²) in [5.41, 5.74) is 9.39. The Balaban J connectivity index is 2.11. The Morgan fingerprint density at radius 3 is 2.68 bits per heavy atom. The first-order valence-corrected chi connectivity index (χ1v) is 8.42. The smallest absolute Gasteiger partial charge is 0.359 e. The van der Waals surface area contributed by atoms with Gasteiger partial charge in [0.15, 0.2) is 5.69 Å². The Bertz CT molecular complexity index is 1120. The van der Waals surface area contributed by atoms with E-state index >= 15 is 0 Å². The molecule has 1 aromatic carbocycles. The van der Waals surface area contributed by atoms with Gasteiger partial charge in [0.2, 0.25) is 0 Å². The Labute approximate surface area is 146 Å². The molecule has 0 atom stereocenters. The summed E-state index contributed by atoms with van der Waals surface area (Å²) in [5, 5.41) is 15.6. The molecule has 0 bridgehead atoms. The number of nitriles is 1. The zero-order valence-corrected chi connectivity index (χ0v) is 14.1. The summed E-state index contributed by atoms with van der Waals surface area (Å²) in [7, 11) is 0. The number of H-pyrrole nitrogens is 1. The van der Waals surface area contributed by atoms with Gasteiger partial charge in [-0.1, -0.05) is 6.07 Å². The van der Waals surface area contributed by atoms with Crippen LogP contribution in [-0.4, -0.2) is 10.1 Å². The van der Waals surface area contributed by atoms with Crippen molar-refractivity contribution < 1.29 is 9.07 Å². The molecule has 25 heavy (non-hydrogen) atoms. The maximum absolute atomic E-state index is 13.2. The van der Waals surface area contributed by atoms with E-state index in [2.05, 4.69) is 16.2 Å². The molecular weight excluding hydrogens is 337 g/mol. The van der Waals surface area contributed by atoms with E-state index in [1.165, 1.54) is 23.5 Å². The van der Waals surface area contributed by atoms with Crippen LogP contribution in [0.4, 0.5) is 10.2 Å². The summed E-state index contributed by atoms with van der Waals surface area (Å²) in [6, 6.07) is 12.1. The van der Waals surface area contributed by atoms with E-state index in [0.29, 0.717) is 11.2 Å². The van der Waals surface area contributed by atoms with Crippen molar-refractivity contribution in [3.63, 3.8) is 0 Å². The van der Waals surface area contributed by atoms with Gasteiger partial charge in [0, 0.05) is 10.4 Å². The molecule has 0 aliphatic carbocycles. The number of nitrogen functional groups attached to an aromatic ring is 1. The molecule has 0 amide bonds. The van der Waals surface area contributed by atoms with Crippen molar-refractivity contribution in [3.8, 4) is 22.2 Å². The van der Waals surface area contributed by atoms with E-state index < -0.39 is 0 Å². The van der Waals surface area contributed by atoms with Crippen LogP contribution in [-0.2, 0) is 0 Å². The predicted molar refractivity (Wildman–Crippen MR) is 94.8 cm³/mol. The van der Waals surface area contributed by atoms with E-state index in [1.54, 1.807) is 16.8 Å². The summed E-state index contributed by atoms with van der Waals surface area (Å²) in [5.74, 6) is -0.135. The van der Waals surface area contributed by atoms with Crippen molar-refractivity contribution >= 4 is 28.2 Å². The van der Waals surface area contributed by atoms with Gasteiger partial charge in [-0.15, -0.1) is 16.0 Å². The van der Waals surface area contributed by atoms with Gasteiger partial charge >= 0.3 is 5.65 Å². The van der Waals surface area contributed by atoms with Crippen molar-refractivity contribution in [3.05, 3.63) is 58.9 Å². The summed E-state index contributed by atoms with van der Waals surface area (Å²) < 4.78 is 15.0. The molecule has 122 valence electrons. The third-order valence-electron chi connectivity index (χ3n) is 4.04. The lowest BCUT2D eigenvalue weighted by atomic mass is 10.0. The highest BCUT2D eigenvalue weighted by Crippen LogP contribution is 2.36. The summed E-state index contributed by atoms with van der Waals surface area (Å²) in [6.07, 6.45) is 0. The number of aromatic amines is 1. The third-order valence-corrected chi connectivity index (χ3v) is 4.92. The van der Waals surface area contributed by atoms with Gasteiger partial charge < -0.3 is 5.73 Å². The summed E-state index contributed by atoms with van der Waals surface area (Å²) in [4.78, 5) is 5.38. The van der Waals surface area contributed by atoms with Crippen LogP contribution in [0, 0.1) is 24.1 Å². The lowest BCUT2D eigenvalue weighted by Crippen LogP contribution is -2.33. The molecule has 0 radical (unpaired) electrons. The van der Waals surface area contributed by atoms with Crippen LogP contribution in [0.5, 0.6) is 0 Å². The van der Waals surface area contributed by atoms with Gasteiger partial charge in [0.1, 0.15) is 22.8 Å². The van der Waals surface area contributed by atoms with E-state index in [1.807, 2.05) is 24.4 Å². The molecule has 7 heteroatoms. The van der Waals surface area contributed by atoms with E-state index in [4.69, 9.17) is 5.73 Å². The van der Waals surface area contributed by atoms with Crippen LogP contribution < -0.4 is 10.4 Å². The van der Waals surface area contributed by atoms with Gasteiger partial charge in [-0.3, -0.25) is 0 Å². The average Bonchev–Trinajstić information content (AvgIpc) is 3.23. The number of rotatable bonds is 2. The second kappa shape index (κ2) is 5.69. The number of hydrogen-bond acceptors (Lipinski definition) is 4. The number of nitrogens with zero attached hydrogens (tertiary/aromatic N) is 3. The maximum atomic E-state index is 13.2. The van der Waals surface area contributed by atoms with Crippen molar-refractivity contribution in [1.29, 1.82) is 5.26 Å².